The van der Waals surface area contributed by atoms with Gasteiger partial charge in [-0.05, 0) is 20.8 Å². The molecule has 0 aromatic carbocycles. The number of aliphatic hydroxyl groups is 1. The molecule has 0 aromatic rings. The van der Waals surface area contributed by atoms with E-state index in [1.165, 1.54) is 0 Å². The standard InChI is InChI=1S/C8H15NO5.H3N/c1-7(2,3)14-6(13)8(9,4-10)5(11)12;/h10H,4,9H2,1-3H3,(H,11,12);1H3. The maximum absolute atomic E-state index is 11.3. The van der Waals surface area contributed by atoms with Crippen LogP contribution in [0.25, 0.3) is 0 Å². The fourth-order valence-electron chi connectivity index (χ4n) is 0.589. The van der Waals surface area contributed by atoms with E-state index in [4.69, 9.17) is 20.7 Å². The minimum absolute atomic E-state index is 0. The van der Waals surface area contributed by atoms with E-state index in [0.717, 1.165) is 0 Å². The number of ether oxygens (including phenoxy) is 1. The molecule has 0 amide bonds. The predicted molar refractivity (Wildman–Crippen MR) is 52.5 cm³/mol. The Balaban J connectivity index is 0. The first-order valence-corrected chi connectivity index (χ1v) is 4.00. The van der Waals surface area contributed by atoms with E-state index in [0.29, 0.717) is 0 Å². The summed E-state index contributed by atoms with van der Waals surface area (Å²) < 4.78 is 4.75. The zero-order valence-electron chi connectivity index (χ0n) is 9.11. The predicted octanol–water partition coefficient (Wildman–Crippen LogP) is -0.735. The highest BCUT2D eigenvalue weighted by molar-refractivity contribution is 6.04. The first kappa shape index (κ1) is 16.3. The summed E-state index contributed by atoms with van der Waals surface area (Å²) in [6.45, 7) is 3.72. The van der Waals surface area contributed by atoms with Crippen molar-refractivity contribution >= 4 is 11.9 Å². The maximum atomic E-state index is 11.3. The van der Waals surface area contributed by atoms with Crippen molar-refractivity contribution in [3.8, 4) is 0 Å². The van der Waals surface area contributed by atoms with Gasteiger partial charge in [0.05, 0.1) is 6.61 Å². The van der Waals surface area contributed by atoms with Crippen LogP contribution in [0.2, 0.25) is 0 Å². The SMILES string of the molecule is CC(C)(C)OC(=O)C(N)(CO)C(=O)O.N. The van der Waals surface area contributed by atoms with Gasteiger partial charge in [-0.3, -0.25) is 0 Å². The second-order valence-electron chi connectivity index (χ2n) is 3.94. The Hall–Kier alpha value is -1.18. The summed E-state index contributed by atoms with van der Waals surface area (Å²) in [5, 5.41) is 17.3. The van der Waals surface area contributed by atoms with Crippen LogP contribution in [0.3, 0.4) is 0 Å². The van der Waals surface area contributed by atoms with Crippen LogP contribution in [0.15, 0.2) is 0 Å². The molecule has 0 rings (SSSR count). The normalized spacial score (nSPS) is 14.7. The van der Waals surface area contributed by atoms with Crippen LogP contribution in [0, 0.1) is 0 Å². The van der Waals surface area contributed by atoms with E-state index in [-0.39, 0.29) is 6.15 Å². The molecule has 7 heteroatoms. The zero-order chi connectivity index (χ0) is 11.6. The summed E-state index contributed by atoms with van der Waals surface area (Å²) in [6, 6.07) is 0. The molecule has 0 spiro atoms. The Morgan fingerprint density at radius 2 is 1.73 bits per heavy atom. The van der Waals surface area contributed by atoms with Gasteiger partial charge in [0.1, 0.15) is 5.60 Å². The van der Waals surface area contributed by atoms with Gasteiger partial charge in [0, 0.05) is 0 Å². The molecule has 0 bridgehead atoms. The molecular weight excluding hydrogens is 204 g/mol. The van der Waals surface area contributed by atoms with Gasteiger partial charge in [-0.15, -0.1) is 0 Å². The summed E-state index contributed by atoms with van der Waals surface area (Å²) in [6.07, 6.45) is 0. The smallest absolute Gasteiger partial charge is 0.340 e. The number of carbonyl (C=O) groups is 2. The van der Waals surface area contributed by atoms with Crippen LogP contribution in [-0.4, -0.2) is 39.9 Å². The molecule has 15 heavy (non-hydrogen) atoms. The van der Waals surface area contributed by atoms with Gasteiger partial charge >= 0.3 is 11.9 Å². The highest BCUT2D eigenvalue weighted by Crippen LogP contribution is 2.12. The lowest BCUT2D eigenvalue weighted by molar-refractivity contribution is -0.171. The monoisotopic (exact) mass is 222 g/mol. The van der Waals surface area contributed by atoms with E-state index in [1.54, 1.807) is 20.8 Å². The largest absolute Gasteiger partial charge is 0.479 e. The van der Waals surface area contributed by atoms with Gasteiger partial charge < -0.3 is 26.8 Å². The lowest BCUT2D eigenvalue weighted by Gasteiger charge is -2.26. The van der Waals surface area contributed by atoms with Crippen LogP contribution in [0.1, 0.15) is 20.8 Å². The fourth-order valence-corrected chi connectivity index (χ4v) is 0.589. The van der Waals surface area contributed by atoms with Crippen LogP contribution < -0.4 is 11.9 Å². The average Bonchev–Trinajstić information content (AvgIpc) is 1.99. The lowest BCUT2D eigenvalue weighted by atomic mass is 10.0. The van der Waals surface area contributed by atoms with Gasteiger partial charge in [0.25, 0.3) is 0 Å². The summed E-state index contributed by atoms with van der Waals surface area (Å²) in [7, 11) is 0. The summed E-state index contributed by atoms with van der Waals surface area (Å²) in [5.74, 6) is -2.77. The molecule has 0 aliphatic heterocycles. The number of hydrogen-bond acceptors (Lipinski definition) is 6. The van der Waals surface area contributed by atoms with Gasteiger partial charge in [0.2, 0.25) is 5.54 Å². The third-order valence-electron chi connectivity index (χ3n) is 1.39. The molecule has 0 fully saturated rings. The second-order valence-corrected chi connectivity index (χ2v) is 3.94. The molecule has 0 heterocycles. The van der Waals surface area contributed by atoms with Crippen molar-refractivity contribution in [1.29, 1.82) is 0 Å². The summed E-state index contributed by atoms with van der Waals surface area (Å²) >= 11 is 0. The maximum Gasteiger partial charge on any atom is 0.340 e. The molecule has 7 N–H and O–H groups in total. The molecule has 0 saturated heterocycles. The highest BCUT2D eigenvalue weighted by atomic mass is 16.6. The van der Waals surface area contributed by atoms with Crippen molar-refractivity contribution in [3.63, 3.8) is 0 Å². The van der Waals surface area contributed by atoms with Crippen LogP contribution in [0.5, 0.6) is 0 Å². The molecule has 0 radical (unpaired) electrons. The Morgan fingerprint density at radius 1 is 1.33 bits per heavy atom. The molecular formula is C8H18N2O5. The van der Waals surface area contributed by atoms with Crippen molar-refractivity contribution in [2.24, 2.45) is 5.73 Å². The average molecular weight is 222 g/mol. The van der Waals surface area contributed by atoms with E-state index in [1.807, 2.05) is 0 Å². The number of hydrogen-bond donors (Lipinski definition) is 4. The van der Waals surface area contributed by atoms with Crippen molar-refractivity contribution < 1.29 is 24.5 Å². The first-order chi connectivity index (χ1) is 6.13. The van der Waals surface area contributed by atoms with E-state index >= 15 is 0 Å². The molecule has 0 aliphatic carbocycles. The molecule has 7 nitrogen and oxygen atoms in total. The van der Waals surface area contributed by atoms with Crippen molar-refractivity contribution in [2.75, 3.05) is 6.61 Å². The Morgan fingerprint density at radius 3 is 1.93 bits per heavy atom. The minimum Gasteiger partial charge on any atom is -0.479 e. The zero-order valence-corrected chi connectivity index (χ0v) is 9.11. The van der Waals surface area contributed by atoms with Gasteiger partial charge in [-0.1, -0.05) is 0 Å². The molecule has 0 aromatic heterocycles. The molecule has 1 unspecified atom stereocenters. The molecule has 1 atom stereocenters. The number of carbonyl (C=O) groups excluding carboxylic acids is 1. The van der Waals surface area contributed by atoms with Crippen molar-refractivity contribution in [3.05, 3.63) is 0 Å². The number of aliphatic hydroxyl groups excluding tert-OH is 1. The third-order valence-corrected chi connectivity index (χ3v) is 1.39. The quantitative estimate of drug-likeness (QED) is 0.363. The third kappa shape index (κ3) is 4.24. The number of aliphatic carboxylic acids is 1. The van der Waals surface area contributed by atoms with Gasteiger partial charge in [-0.2, -0.15) is 0 Å². The number of rotatable bonds is 3. The topological polar surface area (TPSA) is 145 Å². The van der Waals surface area contributed by atoms with Crippen LogP contribution in [0.4, 0.5) is 0 Å². The van der Waals surface area contributed by atoms with E-state index in [2.05, 4.69) is 0 Å². The number of carboxylic acids is 1. The van der Waals surface area contributed by atoms with E-state index < -0.39 is 29.7 Å². The van der Waals surface area contributed by atoms with Gasteiger partial charge in [-0.25, -0.2) is 9.59 Å². The number of carboxylic acid groups (broad SMARTS) is 1. The fraction of sp³-hybridized carbons (Fsp3) is 0.750. The van der Waals surface area contributed by atoms with Crippen molar-refractivity contribution in [2.45, 2.75) is 31.9 Å². The lowest BCUT2D eigenvalue weighted by Crippen LogP contribution is -2.59. The van der Waals surface area contributed by atoms with Crippen LogP contribution >= 0.6 is 0 Å². The Kier molecular flexibility index (Phi) is 5.48. The number of esters is 1. The molecule has 0 aliphatic rings. The summed E-state index contributed by atoms with van der Waals surface area (Å²) in [5.41, 5.74) is 1.94. The molecule has 0 saturated carbocycles. The highest BCUT2D eigenvalue weighted by Gasteiger charge is 2.45. The van der Waals surface area contributed by atoms with Crippen molar-refractivity contribution in [1.82, 2.24) is 6.15 Å². The van der Waals surface area contributed by atoms with Gasteiger partial charge in [0.15, 0.2) is 0 Å². The Bertz CT molecular complexity index is 248. The molecule has 90 valence electrons. The minimum atomic E-state index is -2.38. The second kappa shape index (κ2) is 5.06. The first-order valence-electron chi connectivity index (χ1n) is 4.00. The van der Waals surface area contributed by atoms with Crippen LogP contribution in [-0.2, 0) is 14.3 Å². The Labute approximate surface area is 87.8 Å². The summed E-state index contributed by atoms with van der Waals surface area (Å²) in [4.78, 5) is 21.9. The van der Waals surface area contributed by atoms with E-state index in [9.17, 15) is 9.59 Å². The number of nitrogens with two attached hydrogens (primary N) is 1.